The van der Waals surface area contributed by atoms with Crippen molar-refractivity contribution in [3.05, 3.63) is 41.5 Å². The standard InChI is InChI=1S/C20H26O/c1-13-4-9-19-18-7-5-14-12-15(21-3)6-8-16(14)17(18)10-11-20(13,19)2/h6,8,12,17-19H,1,4-5,7,9-11H2,2-3H3/t17?,18?,19?,20-/m1/s1. The van der Waals surface area contributed by atoms with Gasteiger partial charge in [-0.15, -0.1) is 0 Å². The molecule has 0 aromatic heterocycles. The Balaban J connectivity index is 1.70. The molecule has 0 amide bonds. The predicted octanol–water partition coefficient (Wildman–Crippen LogP) is 5.11. The van der Waals surface area contributed by atoms with Crippen LogP contribution in [-0.4, -0.2) is 7.11 Å². The lowest BCUT2D eigenvalue weighted by molar-refractivity contribution is 0.0816. The maximum absolute atomic E-state index is 5.40. The summed E-state index contributed by atoms with van der Waals surface area (Å²) in [5.41, 5.74) is 5.12. The van der Waals surface area contributed by atoms with Crippen LogP contribution in [0, 0.1) is 17.3 Å². The monoisotopic (exact) mass is 282 g/mol. The molecule has 0 spiro atoms. The number of hydrogen-bond donors (Lipinski definition) is 0. The van der Waals surface area contributed by atoms with E-state index in [9.17, 15) is 0 Å². The minimum atomic E-state index is 0.436. The van der Waals surface area contributed by atoms with Gasteiger partial charge in [-0.25, -0.2) is 0 Å². The lowest BCUT2D eigenvalue weighted by Crippen LogP contribution is -2.40. The van der Waals surface area contributed by atoms with Crippen LogP contribution >= 0.6 is 0 Å². The summed E-state index contributed by atoms with van der Waals surface area (Å²) in [5.74, 6) is 3.55. The molecule has 3 unspecified atom stereocenters. The zero-order valence-electron chi connectivity index (χ0n) is 13.3. The van der Waals surface area contributed by atoms with Crippen molar-refractivity contribution in [1.29, 1.82) is 0 Å². The van der Waals surface area contributed by atoms with Crippen LogP contribution in [0.1, 0.15) is 56.1 Å². The molecule has 21 heavy (non-hydrogen) atoms. The lowest BCUT2D eigenvalue weighted by atomic mass is 9.55. The Labute approximate surface area is 128 Å². The highest BCUT2D eigenvalue weighted by Gasteiger charge is 2.51. The van der Waals surface area contributed by atoms with Crippen molar-refractivity contribution in [1.82, 2.24) is 0 Å². The number of rotatable bonds is 1. The second-order valence-corrected chi connectivity index (χ2v) is 7.58. The Morgan fingerprint density at radius 2 is 2.05 bits per heavy atom. The minimum Gasteiger partial charge on any atom is -0.497 e. The van der Waals surface area contributed by atoms with Gasteiger partial charge in [0, 0.05) is 0 Å². The number of fused-ring (bicyclic) bond motifs is 5. The molecule has 1 nitrogen and oxygen atoms in total. The van der Waals surface area contributed by atoms with Crippen molar-refractivity contribution in [2.75, 3.05) is 7.11 Å². The SMILES string of the molecule is C=C1CCC2C3CCc4cc(OC)ccc4C3CC[C@]12C. The summed E-state index contributed by atoms with van der Waals surface area (Å²) in [4.78, 5) is 0. The molecule has 2 fully saturated rings. The highest BCUT2D eigenvalue weighted by atomic mass is 16.5. The van der Waals surface area contributed by atoms with Gasteiger partial charge < -0.3 is 4.74 Å². The molecule has 0 bridgehead atoms. The van der Waals surface area contributed by atoms with E-state index in [1.54, 1.807) is 12.7 Å². The summed E-state index contributed by atoms with van der Waals surface area (Å²) in [6.45, 7) is 6.89. The first kappa shape index (κ1) is 13.4. The summed E-state index contributed by atoms with van der Waals surface area (Å²) in [6, 6.07) is 6.77. The summed E-state index contributed by atoms with van der Waals surface area (Å²) in [7, 11) is 1.77. The molecule has 0 radical (unpaired) electrons. The molecule has 1 aromatic carbocycles. The molecule has 0 N–H and O–H groups in total. The molecule has 3 aliphatic carbocycles. The van der Waals surface area contributed by atoms with Crippen LogP contribution in [0.3, 0.4) is 0 Å². The Bertz CT molecular complexity index is 588. The first-order valence-corrected chi connectivity index (χ1v) is 8.48. The molecule has 1 aromatic rings. The van der Waals surface area contributed by atoms with E-state index in [1.165, 1.54) is 49.7 Å². The Hall–Kier alpha value is -1.24. The van der Waals surface area contributed by atoms with Crippen molar-refractivity contribution >= 4 is 0 Å². The van der Waals surface area contributed by atoms with Gasteiger partial charge >= 0.3 is 0 Å². The van der Waals surface area contributed by atoms with E-state index in [-0.39, 0.29) is 0 Å². The molecule has 3 aliphatic rings. The van der Waals surface area contributed by atoms with Crippen LogP contribution in [0.2, 0.25) is 0 Å². The molecule has 1 heteroatoms. The number of ether oxygens (including phenoxy) is 1. The highest BCUT2D eigenvalue weighted by Crippen LogP contribution is 2.62. The molecule has 112 valence electrons. The fourth-order valence-corrected chi connectivity index (χ4v) is 5.59. The maximum atomic E-state index is 5.40. The van der Waals surface area contributed by atoms with Crippen molar-refractivity contribution in [2.45, 2.75) is 51.4 Å². The predicted molar refractivity (Wildman–Crippen MR) is 86.8 cm³/mol. The van der Waals surface area contributed by atoms with E-state index >= 15 is 0 Å². The smallest absolute Gasteiger partial charge is 0.119 e. The number of methoxy groups -OCH3 is 1. The Kier molecular flexibility index (Phi) is 2.96. The lowest BCUT2D eigenvalue weighted by Gasteiger charge is -2.49. The third kappa shape index (κ3) is 1.82. The van der Waals surface area contributed by atoms with Crippen LogP contribution in [0.25, 0.3) is 0 Å². The van der Waals surface area contributed by atoms with E-state index in [2.05, 4.69) is 31.7 Å². The van der Waals surface area contributed by atoms with Crippen molar-refractivity contribution < 1.29 is 4.74 Å². The van der Waals surface area contributed by atoms with E-state index in [4.69, 9.17) is 4.74 Å². The molecule has 2 saturated carbocycles. The Morgan fingerprint density at radius 3 is 2.86 bits per heavy atom. The molecular formula is C20H26O. The second kappa shape index (κ2) is 4.63. The summed E-state index contributed by atoms with van der Waals surface area (Å²) < 4.78 is 5.40. The van der Waals surface area contributed by atoms with Crippen molar-refractivity contribution in [2.24, 2.45) is 17.3 Å². The van der Waals surface area contributed by atoms with Gasteiger partial charge in [0.1, 0.15) is 5.75 Å². The van der Waals surface area contributed by atoms with Gasteiger partial charge in [-0.3, -0.25) is 0 Å². The normalized spacial score (nSPS) is 37.6. The molecule has 0 saturated heterocycles. The zero-order chi connectivity index (χ0) is 14.6. The average Bonchev–Trinajstić information content (AvgIpc) is 2.82. The van der Waals surface area contributed by atoms with Gasteiger partial charge in [-0.05, 0) is 85.0 Å². The molecule has 4 rings (SSSR count). The van der Waals surface area contributed by atoms with Gasteiger partial charge in [0.05, 0.1) is 7.11 Å². The van der Waals surface area contributed by atoms with Crippen molar-refractivity contribution in [3.8, 4) is 5.75 Å². The third-order valence-corrected chi connectivity index (χ3v) is 6.89. The number of aryl methyl sites for hydroxylation is 1. The fraction of sp³-hybridized carbons (Fsp3) is 0.600. The van der Waals surface area contributed by atoms with Crippen LogP contribution in [0.15, 0.2) is 30.4 Å². The van der Waals surface area contributed by atoms with Gasteiger partial charge in [-0.2, -0.15) is 0 Å². The van der Waals surface area contributed by atoms with Gasteiger partial charge in [0.2, 0.25) is 0 Å². The van der Waals surface area contributed by atoms with E-state index in [0.717, 1.165) is 23.5 Å². The second-order valence-electron chi connectivity index (χ2n) is 7.58. The third-order valence-electron chi connectivity index (χ3n) is 6.89. The van der Waals surface area contributed by atoms with Crippen LogP contribution < -0.4 is 4.74 Å². The Morgan fingerprint density at radius 1 is 1.19 bits per heavy atom. The first-order chi connectivity index (χ1) is 10.1. The number of benzene rings is 1. The number of allylic oxidation sites excluding steroid dienone is 1. The summed E-state index contributed by atoms with van der Waals surface area (Å²) in [5, 5.41) is 0. The first-order valence-electron chi connectivity index (χ1n) is 8.48. The van der Waals surface area contributed by atoms with Crippen LogP contribution in [-0.2, 0) is 6.42 Å². The molecule has 0 heterocycles. The van der Waals surface area contributed by atoms with E-state index in [0.29, 0.717) is 5.41 Å². The molecular weight excluding hydrogens is 256 g/mol. The quantitative estimate of drug-likeness (QED) is 0.651. The average molecular weight is 282 g/mol. The maximum Gasteiger partial charge on any atom is 0.119 e. The molecule has 4 atom stereocenters. The van der Waals surface area contributed by atoms with Gasteiger partial charge in [0.15, 0.2) is 0 Å². The van der Waals surface area contributed by atoms with Crippen molar-refractivity contribution in [3.63, 3.8) is 0 Å². The minimum absolute atomic E-state index is 0.436. The fourth-order valence-electron chi connectivity index (χ4n) is 5.59. The largest absolute Gasteiger partial charge is 0.497 e. The van der Waals surface area contributed by atoms with Gasteiger partial charge in [0.25, 0.3) is 0 Å². The zero-order valence-corrected chi connectivity index (χ0v) is 13.3. The summed E-state index contributed by atoms with van der Waals surface area (Å²) in [6.07, 6.45) is 7.91. The van der Waals surface area contributed by atoms with E-state index < -0.39 is 0 Å². The topological polar surface area (TPSA) is 9.23 Å². The van der Waals surface area contributed by atoms with Crippen LogP contribution in [0.4, 0.5) is 0 Å². The van der Waals surface area contributed by atoms with Crippen LogP contribution in [0.5, 0.6) is 5.75 Å². The molecule has 0 aliphatic heterocycles. The van der Waals surface area contributed by atoms with E-state index in [1.807, 2.05) is 0 Å². The van der Waals surface area contributed by atoms with Gasteiger partial charge in [-0.1, -0.05) is 25.1 Å². The highest BCUT2D eigenvalue weighted by molar-refractivity contribution is 5.41. The summed E-state index contributed by atoms with van der Waals surface area (Å²) >= 11 is 0. The number of hydrogen-bond acceptors (Lipinski definition) is 1.